The standard InChI is InChI=1S/C10H19N3O2/c1-3-12-9(14)7-13(2)10(15)4-8-5-11-6-8/h8,11H,3-7H2,1-2H3,(H,12,14). The number of hydrogen-bond donors (Lipinski definition) is 2. The topological polar surface area (TPSA) is 61.4 Å². The molecular formula is C10H19N3O2. The largest absolute Gasteiger partial charge is 0.355 e. The molecule has 0 radical (unpaired) electrons. The molecule has 5 nitrogen and oxygen atoms in total. The smallest absolute Gasteiger partial charge is 0.239 e. The molecule has 0 aromatic heterocycles. The second-order valence-corrected chi connectivity index (χ2v) is 3.93. The van der Waals surface area contributed by atoms with Gasteiger partial charge in [0, 0.05) is 20.0 Å². The van der Waals surface area contributed by atoms with Gasteiger partial charge in [-0.3, -0.25) is 9.59 Å². The number of nitrogens with one attached hydrogen (secondary N) is 2. The summed E-state index contributed by atoms with van der Waals surface area (Å²) < 4.78 is 0. The third-order valence-corrected chi connectivity index (χ3v) is 2.51. The molecule has 0 aromatic carbocycles. The average Bonchev–Trinajstić information content (AvgIpc) is 2.11. The van der Waals surface area contributed by atoms with Crippen LogP contribution in [-0.2, 0) is 9.59 Å². The van der Waals surface area contributed by atoms with Crippen LogP contribution in [0.15, 0.2) is 0 Å². The van der Waals surface area contributed by atoms with E-state index in [-0.39, 0.29) is 18.4 Å². The van der Waals surface area contributed by atoms with E-state index in [9.17, 15) is 9.59 Å². The molecule has 1 saturated heterocycles. The second-order valence-electron chi connectivity index (χ2n) is 3.93. The van der Waals surface area contributed by atoms with E-state index >= 15 is 0 Å². The molecule has 1 aliphatic rings. The van der Waals surface area contributed by atoms with Crippen molar-refractivity contribution in [3.8, 4) is 0 Å². The lowest BCUT2D eigenvalue weighted by molar-refractivity contribution is -0.135. The van der Waals surface area contributed by atoms with E-state index in [0.717, 1.165) is 13.1 Å². The Kier molecular flexibility index (Phi) is 4.55. The van der Waals surface area contributed by atoms with E-state index in [1.165, 1.54) is 4.90 Å². The molecule has 0 aliphatic carbocycles. The van der Waals surface area contributed by atoms with Gasteiger partial charge in [0.2, 0.25) is 11.8 Å². The van der Waals surface area contributed by atoms with Gasteiger partial charge in [-0.25, -0.2) is 0 Å². The van der Waals surface area contributed by atoms with Gasteiger partial charge in [0.05, 0.1) is 6.54 Å². The minimum absolute atomic E-state index is 0.0488. The summed E-state index contributed by atoms with van der Waals surface area (Å²) in [6.45, 7) is 4.46. The van der Waals surface area contributed by atoms with Gasteiger partial charge in [-0.2, -0.15) is 0 Å². The van der Waals surface area contributed by atoms with Crippen molar-refractivity contribution in [1.82, 2.24) is 15.5 Å². The maximum Gasteiger partial charge on any atom is 0.239 e. The Morgan fingerprint density at radius 2 is 2.13 bits per heavy atom. The second kappa shape index (κ2) is 5.70. The summed E-state index contributed by atoms with van der Waals surface area (Å²) >= 11 is 0. The first-order valence-electron chi connectivity index (χ1n) is 5.34. The number of amides is 2. The van der Waals surface area contributed by atoms with E-state index in [4.69, 9.17) is 0 Å². The number of rotatable bonds is 5. The summed E-state index contributed by atoms with van der Waals surface area (Å²) in [5, 5.41) is 5.78. The first kappa shape index (κ1) is 12.0. The number of likely N-dealkylation sites (N-methyl/N-ethyl adjacent to an activating group) is 2. The monoisotopic (exact) mass is 213 g/mol. The van der Waals surface area contributed by atoms with Crippen LogP contribution in [0, 0.1) is 5.92 Å². The molecule has 2 N–H and O–H groups in total. The van der Waals surface area contributed by atoms with Crippen molar-refractivity contribution in [3.05, 3.63) is 0 Å². The highest BCUT2D eigenvalue weighted by atomic mass is 16.2. The minimum Gasteiger partial charge on any atom is -0.355 e. The zero-order valence-corrected chi connectivity index (χ0v) is 9.38. The van der Waals surface area contributed by atoms with Crippen molar-refractivity contribution in [1.29, 1.82) is 0 Å². The summed E-state index contributed by atoms with van der Waals surface area (Å²) in [4.78, 5) is 24.3. The van der Waals surface area contributed by atoms with Gasteiger partial charge in [0.1, 0.15) is 0 Å². The molecule has 0 bridgehead atoms. The van der Waals surface area contributed by atoms with Crippen LogP contribution in [0.4, 0.5) is 0 Å². The first-order chi connectivity index (χ1) is 7.13. The minimum atomic E-state index is -0.0971. The van der Waals surface area contributed by atoms with Crippen molar-refractivity contribution in [2.24, 2.45) is 5.92 Å². The predicted molar refractivity (Wildman–Crippen MR) is 57.3 cm³/mol. The molecule has 86 valence electrons. The molecule has 1 heterocycles. The molecular weight excluding hydrogens is 194 g/mol. The third-order valence-electron chi connectivity index (χ3n) is 2.51. The van der Waals surface area contributed by atoms with Gasteiger partial charge >= 0.3 is 0 Å². The lowest BCUT2D eigenvalue weighted by Crippen LogP contribution is -2.46. The molecule has 15 heavy (non-hydrogen) atoms. The predicted octanol–water partition coefficient (Wildman–Crippen LogP) is -0.810. The lowest BCUT2D eigenvalue weighted by Gasteiger charge is -2.28. The van der Waals surface area contributed by atoms with Gasteiger partial charge < -0.3 is 15.5 Å². The molecule has 0 spiro atoms. The summed E-state index contributed by atoms with van der Waals surface area (Å²) in [5.41, 5.74) is 0. The van der Waals surface area contributed by atoms with Gasteiger partial charge in [-0.1, -0.05) is 0 Å². The lowest BCUT2D eigenvalue weighted by atomic mass is 9.99. The Labute approximate surface area is 90.2 Å². The van der Waals surface area contributed by atoms with Gasteiger partial charge in [-0.15, -0.1) is 0 Å². The van der Waals surface area contributed by atoms with E-state index in [0.29, 0.717) is 18.9 Å². The molecule has 0 atom stereocenters. The Morgan fingerprint density at radius 3 is 2.60 bits per heavy atom. The van der Waals surface area contributed by atoms with Crippen LogP contribution in [0.25, 0.3) is 0 Å². The Hall–Kier alpha value is -1.10. The zero-order valence-electron chi connectivity index (χ0n) is 9.38. The van der Waals surface area contributed by atoms with Crippen LogP contribution in [-0.4, -0.2) is 49.9 Å². The van der Waals surface area contributed by atoms with E-state index in [1.54, 1.807) is 7.05 Å². The molecule has 0 saturated carbocycles. The highest BCUT2D eigenvalue weighted by Gasteiger charge is 2.22. The SMILES string of the molecule is CCNC(=O)CN(C)C(=O)CC1CNC1. The van der Waals surface area contributed by atoms with Gasteiger partial charge in [0.25, 0.3) is 0 Å². The van der Waals surface area contributed by atoms with E-state index in [2.05, 4.69) is 10.6 Å². The molecule has 1 aliphatic heterocycles. The molecule has 1 rings (SSSR count). The normalized spacial score (nSPS) is 15.6. The van der Waals surface area contributed by atoms with Gasteiger partial charge in [0.15, 0.2) is 0 Å². The first-order valence-corrected chi connectivity index (χ1v) is 5.34. The van der Waals surface area contributed by atoms with Crippen LogP contribution in [0.2, 0.25) is 0 Å². The number of hydrogen-bond acceptors (Lipinski definition) is 3. The fourth-order valence-electron chi connectivity index (χ4n) is 1.45. The fraction of sp³-hybridized carbons (Fsp3) is 0.800. The van der Waals surface area contributed by atoms with E-state index < -0.39 is 0 Å². The van der Waals surface area contributed by atoms with Crippen LogP contribution in [0.1, 0.15) is 13.3 Å². The van der Waals surface area contributed by atoms with Crippen molar-refractivity contribution >= 4 is 11.8 Å². The van der Waals surface area contributed by atoms with Crippen LogP contribution in [0.3, 0.4) is 0 Å². The molecule has 0 unspecified atom stereocenters. The third kappa shape index (κ3) is 3.87. The van der Waals surface area contributed by atoms with Gasteiger partial charge in [-0.05, 0) is 25.9 Å². The number of carbonyl (C=O) groups is 2. The average molecular weight is 213 g/mol. The highest BCUT2D eigenvalue weighted by Crippen LogP contribution is 2.09. The Morgan fingerprint density at radius 1 is 1.47 bits per heavy atom. The number of nitrogens with zero attached hydrogens (tertiary/aromatic N) is 1. The van der Waals surface area contributed by atoms with Crippen LogP contribution in [0.5, 0.6) is 0 Å². The molecule has 2 amide bonds. The maximum absolute atomic E-state index is 11.6. The van der Waals surface area contributed by atoms with Crippen molar-refractivity contribution in [2.45, 2.75) is 13.3 Å². The summed E-state index contributed by atoms with van der Waals surface area (Å²) in [7, 11) is 1.67. The molecule has 0 aromatic rings. The molecule has 1 fully saturated rings. The number of carbonyl (C=O) groups excluding carboxylic acids is 2. The van der Waals surface area contributed by atoms with Crippen molar-refractivity contribution < 1.29 is 9.59 Å². The Balaban J connectivity index is 2.22. The molecule has 5 heteroatoms. The Bertz CT molecular complexity index is 239. The highest BCUT2D eigenvalue weighted by molar-refractivity contribution is 5.84. The van der Waals surface area contributed by atoms with Crippen LogP contribution >= 0.6 is 0 Å². The fourth-order valence-corrected chi connectivity index (χ4v) is 1.45. The van der Waals surface area contributed by atoms with Crippen molar-refractivity contribution in [3.63, 3.8) is 0 Å². The quantitative estimate of drug-likeness (QED) is 0.628. The zero-order chi connectivity index (χ0) is 11.3. The summed E-state index contributed by atoms with van der Waals surface area (Å²) in [5.74, 6) is 0.405. The maximum atomic E-state index is 11.6. The van der Waals surface area contributed by atoms with Crippen LogP contribution < -0.4 is 10.6 Å². The summed E-state index contributed by atoms with van der Waals surface area (Å²) in [6, 6.07) is 0. The van der Waals surface area contributed by atoms with Crippen molar-refractivity contribution in [2.75, 3.05) is 33.2 Å². The summed E-state index contributed by atoms with van der Waals surface area (Å²) in [6.07, 6.45) is 0.545. The van der Waals surface area contributed by atoms with E-state index in [1.807, 2.05) is 6.92 Å².